The summed E-state index contributed by atoms with van der Waals surface area (Å²) >= 11 is 11.9. The van der Waals surface area contributed by atoms with Crippen LogP contribution in [0.2, 0.25) is 10.0 Å². The first kappa shape index (κ1) is 17.4. The third kappa shape index (κ3) is 4.15. The van der Waals surface area contributed by atoms with Gasteiger partial charge < -0.3 is 5.32 Å². The molecular weight excluding hydrogens is 375 g/mol. The smallest absolute Gasteiger partial charge is 0.302 e. The molecule has 0 aliphatic carbocycles. The molecule has 0 atom stereocenters. The van der Waals surface area contributed by atoms with Gasteiger partial charge in [0.15, 0.2) is 11.5 Å². The number of alkyl halides is 2. The second-order valence-corrected chi connectivity index (χ2v) is 5.91. The van der Waals surface area contributed by atoms with Crippen molar-refractivity contribution < 1.29 is 13.6 Å². The first-order valence-electron chi connectivity index (χ1n) is 7.04. The Bertz CT molecular complexity index is 892. The van der Waals surface area contributed by atoms with Crippen molar-refractivity contribution in [2.75, 3.05) is 5.32 Å². The molecule has 3 rings (SSSR count). The molecule has 0 unspecified atom stereocenters. The molecule has 0 fully saturated rings. The Morgan fingerprint density at radius 2 is 1.88 bits per heavy atom. The van der Waals surface area contributed by atoms with Gasteiger partial charge in [-0.2, -0.15) is 19.0 Å². The van der Waals surface area contributed by atoms with Gasteiger partial charge in [-0.1, -0.05) is 35.3 Å². The van der Waals surface area contributed by atoms with E-state index >= 15 is 0 Å². The van der Waals surface area contributed by atoms with E-state index in [0.717, 1.165) is 11.8 Å². The van der Waals surface area contributed by atoms with Gasteiger partial charge in [0.25, 0.3) is 5.91 Å². The molecule has 6 nitrogen and oxygen atoms in total. The van der Waals surface area contributed by atoms with Crippen molar-refractivity contribution in [1.29, 1.82) is 0 Å². The number of halogens is 4. The fraction of sp³-hybridized carbons (Fsp3) is 0.133. The van der Waals surface area contributed by atoms with Crippen LogP contribution in [0.4, 0.5) is 14.6 Å². The normalized spacial score (nSPS) is 11.1. The molecule has 0 saturated heterocycles. The Kier molecular flexibility index (Phi) is 5.00. The number of hydrogen-bond donors (Lipinski definition) is 1. The lowest BCUT2D eigenvalue weighted by Gasteiger charge is -2.02. The van der Waals surface area contributed by atoms with Gasteiger partial charge in [-0.15, -0.1) is 0 Å². The van der Waals surface area contributed by atoms with Crippen LogP contribution in [-0.2, 0) is 6.54 Å². The Hall–Kier alpha value is -2.45. The fourth-order valence-corrected chi connectivity index (χ4v) is 2.40. The Morgan fingerprint density at radius 3 is 2.52 bits per heavy atom. The third-order valence-corrected chi connectivity index (χ3v) is 3.78. The van der Waals surface area contributed by atoms with E-state index in [1.165, 1.54) is 6.07 Å². The quantitative estimate of drug-likeness (QED) is 0.719. The maximum atomic E-state index is 12.5. The van der Waals surface area contributed by atoms with E-state index in [-0.39, 0.29) is 16.5 Å². The van der Waals surface area contributed by atoms with Gasteiger partial charge in [-0.05, 0) is 23.8 Å². The van der Waals surface area contributed by atoms with E-state index in [1.807, 2.05) is 12.1 Å². The highest BCUT2D eigenvalue weighted by Crippen LogP contribution is 2.21. The lowest BCUT2D eigenvalue weighted by atomic mass is 10.2. The molecule has 1 aromatic carbocycles. The predicted octanol–water partition coefficient (Wildman–Crippen LogP) is 4.08. The van der Waals surface area contributed by atoms with Crippen LogP contribution >= 0.6 is 23.2 Å². The van der Waals surface area contributed by atoms with E-state index < -0.39 is 12.5 Å². The summed E-state index contributed by atoms with van der Waals surface area (Å²) in [5.41, 5.74) is 0.778. The molecule has 2 aromatic heterocycles. The van der Waals surface area contributed by atoms with Crippen LogP contribution in [0.1, 0.15) is 22.6 Å². The number of carbonyl (C=O) groups excluding carboxylic acids is 1. The zero-order valence-electron chi connectivity index (χ0n) is 12.5. The van der Waals surface area contributed by atoms with Crippen molar-refractivity contribution in [2.24, 2.45) is 0 Å². The van der Waals surface area contributed by atoms with Gasteiger partial charge in [-0.3, -0.25) is 9.48 Å². The zero-order chi connectivity index (χ0) is 18.0. The second kappa shape index (κ2) is 7.20. The number of nitrogens with one attached hydrogen (secondary N) is 1. The monoisotopic (exact) mass is 385 g/mol. The molecule has 3 aromatic rings. The second-order valence-electron chi connectivity index (χ2n) is 5.06. The summed E-state index contributed by atoms with van der Waals surface area (Å²) in [6.07, 6.45) is 2.56. The number of anilines is 1. The molecule has 0 aliphatic rings. The summed E-state index contributed by atoms with van der Waals surface area (Å²) in [5.74, 6) is -0.565. The largest absolute Gasteiger partial charge is 0.333 e. The maximum absolute atomic E-state index is 12.5. The summed E-state index contributed by atoms with van der Waals surface area (Å²) in [7, 11) is 0. The van der Waals surface area contributed by atoms with Crippen molar-refractivity contribution >= 4 is 34.9 Å². The maximum Gasteiger partial charge on any atom is 0.333 e. The lowest BCUT2D eigenvalue weighted by Crippen LogP contribution is -2.14. The van der Waals surface area contributed by atoms with Crippen LogP contribution in [0, 0.1) is 0 Å². The van der Waals surface area contributed by atoms with Crippen LogP contribution in [-0.4, -0.2) is 25.5 Å². The van der Waals surface area contributed by atoms with Gasteiger partial charge in [0.1, 0.15) is 5.02 Å². The highest BCUT2D eigenvalue weighted by molar-refractivity contribution is 6.33. The minimum absolute atomic E-state index is 0.118. The number of hydrogen-bond acceptors (Lipinski definition) is 3. The molecule has 0 aliphatic heterocycles. The van der Waals surface area contributed by atoms with Gasteiger partial charge >= 0.3 is 6.55 Å². The number of carbonyl (C=O) groups is 1. The van der Waals surface area contributed by atoms with Crippen molar-refractivity contribution in [3.05, 3.63) is 64.0 Å². The van der Waals surface area contributed by atoms with E-state index in [4.69, 9.17) is 23.2 Å². The number of rotatable bonds is 5. The number of benzene rings is 1. The third-order valence-electron chi connectivity index (χ3n) is 3.25. The van der Waals surface area contributed by atoms with Crippen LogP contribution in [0.15, 0.2) is 42.7 Å². The molecule has 1 N–H and O–H groups in total. The van der Waals surface area contributed by atoms with Crippen LogP contribution < -0.4 is 5.32 Å². The molecule has 0 bridgehead atoms. The Balaban J connectivity index is 1.71. The highest BCUT2D eigenvalue weighted by atomic mass is 35.5. The lowest BCUT2D eigenvalue weighted by molar-refractivity contribution is 0.0561. The van der Waals surface area contributed by atoms with Gasteiger partial charge in [0.2, 0.25) is 0 Å². The van der Waals surface area contributed by atoms with Gasteiger partial charge in [0.05, 0.1) is 6.54 Å². The topological polar surface area (TPSA) is 64.7 Å². The van der Waals surface area contributed by atoms with Crippen molar-refractivity contribution in [3.8, 4) is 0 Å². The van der Waals surface area contributed by atoms with Crippen LogP contribution in [0.5, 0.6) is 0 Å². The van der Waals surface area contributed by atoms with Crippen LogP contribution in [0.3, 0.4) is 0 Å². The summed E-state index contributed by atoms with van der Waals surface area (Å²) < 4.78 is 26.9. The summed E-state index contributed by atoms with van der Waals surface area (Å²) in [6.45, 7) is -2.39. The molecule has 0 spiro atoms. The molecule has 0 saturated carbocycles. The van der Waals surface area contributed by atoms with Crippen molar-refractivity contribution in [2.45, 2.75) is 13.1 Å². The standard InChI is InChI=1S/C15H11Cl2F2N5O/c16-10-3-1-9(2-4-10)7-23-8-11(17)13(22-23)20-14(25)12-5-6-24(21-12)15(18)19/h1-6,8,15H,7H2,(H,20,22,25). The van der Waals surface area contributed by atoms with E-state index in [0.29, 0.717) is 16.2 Å². The van der Waals surface area contributed by atoms with Gasteiger partial charge in [0, 0.05) is 17.4 Å². The number of amides is 1. The number of aromatic nitrogens is 4. The first-order chi connectivity index (χ1) is 11.9. The van der Waals surface area contributed by atoms with E-state index in [1.54, 1.807) is 23.0 Å². The molecule has 130 valence electrons. The average molecular weight is 386 g/mol. The summed E-state index contributed by atoms with van der Waals surface area (Å²) in [6, 6.07) is 8.37. The number of nitrogens with zero attached hydrogens (tertiary/aromatic N) is 4. The van der Waals surface area contributed by atoms with E-state index in [9.17, 15) is 13.6 Å². The van der Waals surface area contributed by atoms with Crippen molar-refractivity contribution in [1.82, 2.24) is 19.6 Å². The highest BCUT2D eigenvalue weighted by Gasteiger charge is 2.16. The summed E-state index contributed by atoms with van der Waals surface area (Å²) in [4.78, 5) is 12.1. The SMILES string of the molecule is O=C(Nc1nn(Cc2ccc(Cl)cc2)cc1Cl)c1ccn(C(F)F)n1. The molecule has 10 heteroatoms. The van der Waals surface area contributed by atoms with E-state index in [2.05, 4.69) is 15.5 Å². The van der Waals surface area contributed by atoms with Gasteiger partial charge in [-0.25, -0.2) is 4.68 Å². The Labute approximate surface area is 151 Å². The summed E-state index contributed by atoms with van der Waals surface area (Å²) in [5, 5.41) is 10.9. The fourth-order valence-electron chi connectivity index (χ4n) is 2.08. The molecule has 2 heterocycles. The predicted molar refractivity (Wildman–Crippen MR) is 89.2 cm³/mol. The zero-order valence-corrected chi connectivity index (χ0v) is 14.0. The molecule has 25 heavy (non-hydrogen) atoms. The molecular formula is C15H11Cl2F2N5O. The molecule has 1 amide bonds. The first-order valence-corrected chi connectivity index (χ1v) is 7.80. The Morgan fingerprint density at radius 1 is 1.16 bits per heavy atom. The average Bonchev–Trinajstić information content (AvgIpc) is 3.17. The minimum atomic E-state index is -2.82. The minimum Gasteiger partial charge on any atom is -0.302 e. The van der Waals surface area contributed by atoms with Crippen molar-refractivity contribution in [3.63, 3.8) is 0 Å². The molecule has 0 radical (unpaired) electrons. The van der Waals surface area contributed by atoms with Crippen LogP contribution in [0.25, 0.3) is 0 Å².